The van der Waals surface area contributed by atoms with Gasteiger partial charge in [-0.2, -0.15) is 0 Å². The van der Waals surface area contributed by atoms with Crippen LogP contribution >= 0.6 is 15.9 Å². The number of alkyl halides is 1. The number of hydrogen-bond donors (Lipinski definition) is 3. The molecule has 2 aromatic rings. The number of nitrogens with zero attached hydrogens (tertiary/aromatic N) is 2. The molecule has 0 spiro atoms. The van der Waals surface area contributed by atoms with Crippen LogP contribution in [0.3, 0.4) is 0 Å². The summed E-state index contributed by atoms with van der Waals surface area (Å²) in [6.45, 7) is 1.35. The maximum Gasteiger partial charge on any atom is 0.254 e. The fourth-order valence-electron chi connectivity index (χ4n) is 4.97. The molecule has 6 amide bonds. The molecule has 4 N–H and O–H groups in total. The van der Waals surface area contributed by atoms with Gasteiger partial charge in [0.05, 0.1) is 4.83 Å². The molecule has 4 heterocycles. The van der Waals surface area contributed by atoms with Gasteiger partial charge in [-0.15, -0.1) is 0 Å². The van der Waals surface area contributed by atoms with Gasteiger partial charge in [-0.05, 0) is 54.2 Å². The van der Waals surface area contributed by atoms with Crippen LogP contribution in [0.4, 0.5) is 5.69 Å². The minimum Gasteiger partial charge on any atom is -0.399 e. The van der Waals surface area contributed by atoms with Gasteiger partial charge in [-0.3, -0.25) is 39.4 Å². The van der Waals surface area contributed by atoms with Gasteiger partial charge in [0.2, 0.25) is 23.6 Å². The van der Waals surface area contributed by atoms with E-state index in [0.29, 0.717) is 50.9 Å². The fourth-order valence-corrected chi connectivity index (χ4v) is 5.31. The normalized spacial score (nSPS) is 21.2. The van der Waals surface area contributed by atoms with Gasteiger partial charge in [0.1, 0.15) is 0 Å². The molecule has 2 saturated heterocycles. The summed E-state index contributed by atoms with van der Waals surface area (Å²) in [4.78, 5) is 70.5. The van der Waals surface area contributed by atoms with E-state index in [1.807, 2.05) is 30.3 Å². The summed E-state index contributed by atoms with van der Waals surface area (Å²) in [5.74, 6) is -0.869. The maximum atomic E-state index is 12.0. The quantitative estimate of drug-likeness (QED) is 0.261. The highest BCUT2D eigenvalue weighted by Gasteiger charge is 2.29. The first kappa shape index (κ1) is 29.9. The topological polar surface area (TPSA) is 159 Å². The van der Waals surface area contributed by atoms with Crippen LogP contribution in [0, 0.1) is 5.92 Å². The van der Waals surface area contributed by atoms with Crippen molar-refractivity contribution in [3.8, 4) is 0 Å². The van der Waals surface area contributed by atoms with E-state index in [4.69, 9.17) is 5.73 Å². The first-order chi connectivity index (χ1) is 19.4. The summed E-state index contributed by atoms with van der Waals surface area (Å²) >= 11 is 3.12. The lowest BCUT2D eigenvalue weighted by molar-refractivity contribution is -0.136. The number of nitrogens with two attached hydrogens (primary N) is 1. The van der Waals surface area contributed by atoms with Crippen molar-refractivity contribution in [1.82, 2.24) is 20.4 Å². The van der Waals surface area contributed by atoms with E-state index in [1.54, 1.807) is 30.0 Å². The Bertz CT molecular complexity index is 1430. The first-order valence-corrected chi connectivity index (χ1v) is 14.2. The van der Waals surface area contributed by atoms with Crippen molar-refractivity contribution in [1.29, 1.82) is 0 Å². The highest BCUT2D eigenvalue weighted by molar-refractivity contribution is 9.10. The average Bonchev–Trinajstić information content (AvgIpc) is 3.37. The van der Waals surface area contributed by atoms with E-state index in [-0.39, 0.29) is 46.2 Å². The molecule has 0 radical (unpaired) electrons. The summed E-state index contributed by atoms with van der Waals surface area (Å²) in [7, 11) is 3.57. The minimum absolute atomic E-state index is 0.0325. The molecule has 0 bridgehead atoms. The number of imide groups is 2. The Morgan fingerprint density at radius 2 is 1.32 bits per heavy atom. The molecule has 4 aliphatic heterocycles. The molecule has 2 unspecified atom stereocenters. The number of amides is 6. The summed E-state index contributed by atoms with van der Waals surface area (Å²) < 4.78 is 0. The van der Waals surface area contributed by atoms with Crippen LogP contribution in [0.1, 0.15) is 63.1 Å². The molecule has 2 atom stereocenters. The second-order valence-corrected chi connectivity index (χ2v) is 11.6. The number of nitrogen functional groups attached to an aromatic ring is 1. The molecule has 41 heavy (non-hydrogen) atoms. The third kappa shape index (κ3) is 7.18. The second-order valence-electron chi connectivity index (χ2n) is 10.5. The lowest BCUT2D eigenvalue weighted by Gasteiger charge is -2.20. The molecule has 216 valence electrons. The van der Waals surface area contributed by atoms with Crippen LogP contribution < -0.4 is 16.4 Å². The number of carbonyl (C=O) groups excluding carboxylic acids is 6. The lowest BCUT2D eigenvalue weighted by atomic mass is 9.90. The second kappa shape index (κ2) is 12.6. The number of piperidine rings is 2. The number of hydrogen-bond acceptors (Lipinski definition) is 7. The van der Waals surface area contributed by atoms with Gasteiger partial charge < -0.3 is 15.5 Å². The van der Waals surface area contributed by atoms with Gasteiger partial charge in [0.15, 0.2) is 0 Å². The van der Waals surface area contributed by atoms with Crippen LogP contribution in [0.25, 0.3) is 0 Å². The summed E-state index contributed by atoms with van der Waals surface area (Å²) in [6.07, 6.45) is 2.61. The smallest absolute Gasteiger partial charge is 0.254 e. The van der Waals surface area contributed by atoms with E-state index < -0.39 is 0 Å². The predicted octanol–water partition coefficient (Wildman–Crippen LogP) is 1.91. The number of nitrogens with one attached hydrogen (secondary N) is 2. The van der Waals surface area contributed by atoms with E-state index in [9.17, 15) is 28.8 Å². The SMILES string of the molecule is CN1Cc2ccc(CC3CCC(=O)NC3=O)cc2C1=O.CN1Cc2ccc(N)cc2C1=O.O=C1CCC(Br)C(=O)N1. The molecule has 0 aromatic heterocycles. The molecular formula is C29H32BrN5O6. The Labute approximate surface area is 245 Å². The Kier molecular flexibility index (Phi) is 9.21. The van der Waals surface area contributed by atoms with E-state index in [2.05, 4.69) is 26.6 Å². The maximum absolute atomic E-state index is 12.0. The number of benzene rings is 2. The van der Waals surface area contributed by atoms with Crippen molar-refractivity contribution in [2.75, 3.05) is 19.8 Å². The zero-order chi connectivity index (χ0) is 29.8. The Morgan fingerprint density at radius 1 is 0.780 bits per heavy atom. The van der Waals surface area contributed by atoms with E-state index in [1.165, 1.54) is 0 Å². The molecular weight excluding hydrogens is 594 g/mol. The Morgan fingerprint density at radius 3 is 1.88 bits per heavy atom. The lowest BCUT2D eigenvalue weighted by Crippen LogP contribution is -2.41. The van der Waals surface area contributed by atoms with Crippen LogP contribution in [0.5, 0.6) is 0 Å². The third-order valence-electron chi connectivity index (χ3n) is 7.28. The number of anilines is 1. The monoisotopic (exact) mass is 625 g/mol. The highest BCUT2D eigenvalue weighted by Crippen LogP contribution is 2.26. The third-order valence-corrected chi connectivity index (χ3v) is 8.16. The van der Waals surface area contributed by atoms with Gasteiger partial charge in [-0.1, -0.05) is 34.1 Å². The largest absolute Gasteiger partial charge is 0.399 e. The first-order valence-electron chi connectivity index (χ1n) is 13.3. The van der Waals surface area contributed by atoms with Crippen molar-refractivity contribution < 1.29 is 28.8 Å². The van der Waals surface area contributed by atoms with Crippen molar-refractivity contribution >= 4 is 57.1 Å². The van der Waals surface area contributed by atoms with Crippen LogP contribution in [-0.4, -0.2) is 64.2 Å². The molecule has 0 saturated carbocycles. The Hall–Kier alpha value is -4.06. The van der Waals surface area contributed by atoms with Crippen molar-refractivity contribution in [2.24, 2.45) is 5.92 Å². The summed E-state index contributed by atoms with van der Waals surface area (Å²) in [5, 5.41) is 4.57. The number of carbonyl (C=O) groups is 6. The van der Waals surface area contributed by atoms with Crippen LogP contribution in [0.2, 0.25) is 0 Å². The zero-order valence-corrected chi connectivity index (χ0v) is 24.5. The van der Waals surface area contributed by atoms with E-state index in [0.717, 1.165) is 27.8 Å². The number of fused-ring (bicyclic) bond motifs is 2. The average molecular weight is 627 g/mol. The number of rotatable bonds is 2. The van der Waals surface area contributed by atoms with Crippen molar-refractivity contribution in [2.45, 2.75) is 50.0 Å². The molecule has 2 fully saturated rings. The van der Waals surface area contributed by atoms with Gasteiger partial charge in [0, 0.05) is 62.8 Å². The molecule has 0 aliphatic carbocycles. The molecule has 4 aliphatic rings. The number of halogens is 1. The molecule has 2 aromatic carbocycles. The minimum atomic E-state index is -0.216. The highest BCUT2D eigenvalue weighted by atomic mass is 79.9. The Balaban J connectivity index is 0.000000156. The van der Waals surface area contributed by atoms with Crippen molar-refractivity contribution in [3.63, 3.8) is 0 Å². The van der Waals surface area contributed by atoms with E-state index >= 15 is 0 Å². The summed E-state index contributed by atoms with van der Waals surface area (Å²) in [5.41, 5.74) is 10.8. The predicted molar refractivity (Wildman–Crippen MR) is 154 cm³/mol. The van der Waals surface area contributed by atoms with Gasteiger partial charge in [0.25, 0.3) is 11.8 Å². The van der Waals surface area contributed by atoms with Crippen LogP contribution in [-0.2, 0) is 38.7 Å². The fraction of sp³-hybridized carbons (Fsp3) is 0.379. The molecule has 11 nitrogen and oxygen atoms in total. The van der Waals surface area contributed by atoms with Crippen LogP contribution in [0.15, 0.2) is 36.4 Å². The zero-order valence-electron chi connectivity index (χ0n) is 22.9. The summed E-state index contributed by atoms with van der Waals surface area (Å²) in [6, 6.07) is 11.3. The standard InChI is InChI=1S/C15H16N2O3.C9H10N2O.C5H6BrNO2/c1-17-8-11-3-2-9(7-12(11)15(17)20)6-10-4-5-13(18)16-14(10)19;1-11-5-6-2-3-7(10)4-8(6)9(11)12;6-3-1-2-4(8)7-5(3)9/h2-3,7,10H,4-6,8H2,1H3,(H,16,18,19);2-4H,5,10H2,1H3;3H,1-2H2,(H,7,8,9). The van der Waals surface area contributed by atoms with Crippen molar-refractivity contribution in [3.05, 3.63) is 64.2 Å². The van der Waals surface area contributed by atoms with Gasteiger partial charge >= 0.3 is 0 Å². The van der Waals surface area contributed by atoms with Gasteiger partial charge in [-0.25, -0.2) is 0 Å². The molecule has 12 heteroatoms. The molecule has 6 rings (SSSR count).